The van der Waals surface area contributed by atoms with Crippen LogP contribution >= 0.6 is 12.2 Å². The maximum Gasteiger partial charge on any atom is 0.139 e. The summed E-state index contributed by atoms with van der Waals surface area (Å²) in [6.07, 6.45) is 7.15. The van der Waals surface area contributed by atoms with E-state index >= 15 is 0 Å². The summed E-state index contributed by atoms with van der Waals surface area (Å²) in [7, 11) is 0. The third-order valence-electron chi connectivity index (χ3n) is 4.47. The predicted octanol–water partition coefficient (Wildman–Crippen LogP) is 6.28. The van der Waals surface area contributed by atoms with E-state index in [1.54, 1.807) is 12.1 Å². The van der Waals surface area contributed by atoms with Crippen molar-refractivity contribution in [2.24, 2.45) is 4.99 Å². The third kappa shape index (κ3) is 4.55. The highest BCUT2D eigenvalue weighted by molar-refractivity contribution is 7.78. The van der Waals surface area contributed by atoms with Crippen LogP contribution in [0.15, 0.2) is 47.0 Å². The average Bonchev–Trinajstić information content (AvgIpc) is 3.04. The fraction of sp³-hybridized carbons (Fsp3) is 0.261. The van der Waals surface area contributed by atoms with Crippen molar-refractivity contribution in [3.05, 3.63) is 70.0 Å². The SMILES string of the molecule is CCCCCc1ccc(C#CC2=Cc3ccc(N=C=S)cc3C2)c(F)c1. The lowest BCUT2D eigenvalue weighted by molar-refractivity contribution is 0.619. The van der Waals surface area contributed by atoms with Gasteiger partial charge < -0.3 is 0 Å². The summed E-state index contributed by atoms with van der Waals surface area (Å²) < 4.78 is 14.3. The zero-order valence-corrected chi connectivity index (χ0v) is 15.6. The number of aliphatic imine (C=N–C) groups is 1. The molecule has 0 radical (unpaired) electrons. The summed E-state index contributed by atoms with van der Waals surface area (Å²) >= 11 is 4.64. The number of benzene rings is 2. The normalized spacial score (nSPS) is 11.8. The van der Waals surface area contributed by atoms with Crippen molar-refractivity contribution < 1.29 is 4.39 Å². The van der Waals surface area contributed by atoms with Gasteiger partial charge in [0.05, 0.1) is 16.4 Å². The Hall–Kier alpha value is -2.53. The van der Waals surface area contributed by atoms with Gasteiger partial charge in [-0.2, -0.15) is 4.99 Å². The van der Waals surface area contributed by atoms with E-state index in [1.165, 1.54) is 12.8 Å². The highest BCUT2D eigenvalue weighted by Gasteiger charge is 2.11. The number of unbranched alkanes of at least 4 members (excludes halogenated alkanes) is 2. The number of fused-ring (bicyclic) bond motifs is 1. The summed E-state index contributed by atoms with van der Waals surface area (Å²) in [5.41, 5.74) is 5.56. The highest BCUT2D eigenvalue weighted by atomic mass is 32.1. The van der Waals surface area contributed by atoms with Gasteiger partial charge in [-0.15, -0.1) is 0 Å². The molecule has 0 amide bonds. The largest absolute Gasteiger partial charge is 0.206 e. The molecule has 2 aromatic carbocycles. The Bertz CT molecular complexity index is 956. The van der Waals surface area contributed by atoms with Crippen LogP contribution in [0.3, 0.4) is 0 Å². The molecular weight excluding hydrogens is 341 g/mol. The number of isothiocyanates is 1. The number of halogens is 1. The highest BCUT2D eigenvalue weighted by Crippen LogP contribution is 2.28. The molecule has 0 heterocycles. The Balaban J connectivity index is 1.71. The van der Waals surface area contributed by atoms with Crippen LogP contribution in [0.25, 0.3) is 6.08 Å². The molecule has 1 aliphatic carbocycles. The first-order chi connectivity index (χ1) is 12.7. The molecule has 0 spiro atoms. The molecule has 2 aromatic rings. The Kier molecular flexibility index (Phi) is 6.12. The van der Waals surface area contributed by atoms with Crippen LogP contribution in [0.5, 0.6) is 0 Å². The van der Waals surface area contributed by atoms with Crippen LogP contribution in [0.2, 0.25) is 0 Å². The van der Waals surface area contributed by atoms with E-state index in [2.05, 4.69) is 41.1 Å². The predicted molar refractivity (Wildman–Crippen MR) is 109 cm³/mol. The van der Waals surface area contributed by atoms with Gasteiger partial charge in [0.1, 0.15) is 5.82 Å². The lowest BCUT2D eigenvalue weighted by atomic mass is 10.0. The molecule has 0 unspecified atom stereocenters. The molecule has 26 heavy (non-hydrogen) atoms. The van der Waals surface area contributed by atoms with E-state index in [1.807, 2.05) is 30.3 Å². The lowest BCUT2D eigenvalue weighted by Crippen LogP contribution is -1.90. The van der Waals surface area contributed by atoms with E-state index in [4.69, 9.17) is 0 Å². The Morgan fingerprint density at radius 3 is 2.77 bits per heavy atom. The smallest absolute Gasteiger partial charge is 0.139 e. The molecule has 0 aliphatic heterocycles. The zero-order chi connectivity index (χ0) is 18.4. The van der Waals surface area contributed by atoms with Gasteiger partial charge in [-0.25, -0.2) is 4.39 Å². The van der Waals surface area contributed by atoms with Gasteiger partial charge in [0.15, 0.2) is 0 Å². The van der Waals surface area contributed by atoms with Gasteiger partial charge in [0.2, 0.25) is 0 Å². The monoisotopic (exact) mass is 361 g/mol. The lowest BCUT2D eigenvalue weighted by Gasteiger charge is -2.02. The van der Waals surface area contributed by atoms with Crippen molar-refractivity contribution in [3.8, 4) is 11.8 Å². The quantitative estimate of drug-likeness (QED) is 0.264. The van der Waals surface area contributed by atoms with Gasteiger partial charge in [0, 0.05) is 12.0 Å². The molecule has 0 aromatic heterocycles. The van der Waals surface area contributed by atoms with Crippen LogP contribution in [-0.2, 0) is 12.8 Å². The number of allylic oxidation sites excluding steroid dienone is 1. The Labute approximate surface area is 159 Å². The minimum atomic E-state index is -0.236. The Morgan fingerprint density at radius 1 is 1.12 bits per heavy atom. The van der Waals surface area contributed by atoms with Gasteiger partial charge in [-0.1, -0.05) is 43.7 Å². The summed E-state index contributed by atoms with van der Waals surface area (Å²) in [6.45, 7) is 2.17. The van der Waals surface area contributed by atoms with Crippen LogP contribution in [0, 0.1) is 17.7 Å². The minimum Gasteiger partial charge on any atom is -0.206 e. The Morgan fingerprint density at radius 2 is 2.00 bits per heavy atom. The molecular formula is C23H20FNS. The van der Waals surface area contributed by atoms with Gasteiger partial charge in [-0.05, 0) is 72.1 Å². The van der Waals surface area contributed by atoms with E-state index in [0.29, 0.717) is 5.56 Å². The van der Waals surface area contributed by atoms with Gasteiger partial charge >= 0.3 is 0 Å². The number of rotatable bonds is 5. The number of aryl methyl sites for hydroxylation is 1. The number of hydrogen-bond acceptors (Lipinski definition) is 2. The van der Waals surface area contributed by atoms with E-state index < -0.39 is 0 Å². The van der Waals surface area contributed by atoms with Crippen molar-refractivity contribution in [3.63, 3.8) is 0 Å². The van der Waals surface area contributed by atoms with Crippen molar-refractivity contribution in [1.29, 1.82) is 0 Å². The van der Waals surface area contributed by atoms with Crippen molar-refractivity contribution in [2.45, 2.75) is 39.0 Å². The molecule has 0 bridgehead atoms. The van der Waals surface area contributed by atoms with Crippen LogP contribution in [0.1, 0.15) is 48.4 Å². The first-order valence-corrected chi connectivity index (χ1v) is 9.32. The molecule has 0 atom stereocenters. The molecule has 1 aliphatic rings. The molecule has 1 nitrogen and oxygen atoms in total. The van der Waals surface area contributed by atoms with Crippen LogP contribution in [0.4, 0.5) is 10.1 Å². The fourth-order valence-corrected chi connectivity index (χ4v) is 3.18. The summed E-state index contributed by atoms with van der Waals surface area (Å²) in [5, 5.41) is 2.38. The van der Waals surface area contributed by atoms with Crippen molar-refractivity contribution in [2.75, 3.05) is 0 Å². The van der Waals surface area contributed by atoms with E-state index in [9.17, 15) is 4.39 Å². The number of nitrogens with zero attached hydrogens (tertiary/aromatic N) is 1. The molecule has 0 saturated heterocycles. The second-order valence-corrected chi connectivity index (χ2v) is 6.64. The minimum absolute atomic E-state index is 0.236. The summed E-state index contributed by atoms with van der Waals surface area (Å²) in [5.74, 6) is 5.86. The van der Waals surface area contributed by atoms with Crippen molar-refractivity contribution in [1.82, 2.24) is 0 Å². The molecule has 3 rings (SSSR count). The molecule has 130 valence electrons. The van der Waals surface area contributed by atoms with Crippen LogP contribution < -0.4 is 0 Å². The fourth-order valence-electron chi connectivity index (χ4n) is 3.07. The summed E-state index contributed by atoms with van der Waals surface area (Å²) in [4.78, 5) is 4.01. The third-order valence-corrected chi connectivity index (χ3v) is 4.56. The zero-order valence-electron chi connectivity index (χ0n) is 14.8. The maximum atomic E-state index is 14.3. The standard InChI is InChI=1S/C23H20FNS/c1-2-3-4-5-17-6-8-19(23(24)14-17)9-7-18-12-20-10-11-22(25-16-26)15-21(20)13-18/h6,8,10-12,14-15H,2-5,13H2,1H3. The molecule has 0 N–H and O–H groups in total. The number of thiocarbonyl (C=S) groups is 1. The van der Waals surface area contributed by atoms with Crippen molar-refractivity contribution >= 4 is 29.1 Å². The second-order valence-electron chi connectivity index (χ2n) is 6.45. The molecule has 0 fully saturated rings. The van der Waals surface area contributed by atoms with Gasteiger partial charge in [0.25, 0.3) is 0 Å². The topological polar surface area (TPSA) is 12.4 Å². The van der Waals surface area contributed by atoms with E-state index in [-0.39, 0.29) is 5.82 Å². The number of hydrogen-bond donors (Lipinski definition) is 0. The maximum absolute atomic E-state index is 14.3. The van der Waals surface area contributed by atoms with Gasteiger partial charge in [-0.3, -0.25) is 0 Å². The second kappa shape index (κ2) is 8.72. The molecule has 3 heteroatoms. The van der Waals surface area contributed by atoms with E-state index in [0.717, 1.165) is 47.2 Å². The first kappa shape index (κ1) is 18.3. The first-order valence-electron chi connectivity index (χ1n) is 8.91. The van der Waals surface area contributed by atoms with Crippen LogP contribution in [-0.4, -0.2) is 5.16 Å². The molecule has 0 saturated carbocycles. The summed E-state index contributed by atoms with van der Waals surface area (Å²) in [6, 6.07) is 11.3. The average molecular weight is 361 g/mol.